The highest BCUT2D eigenvalue weighted by atomic mass is 32.2. The lowest BCUT2D eigenvalue weighted by Gasteiger charge is -2.04. The molecule has 1 aromatic carbocycles. The number of rotatable bonds is 5. The van der Waals surface area contributed by atoms with E-state index in [1.54, 1.807) is 12.1 Å². The minimum atomic E-state index is -3.26. The van der Waals surface area contributed by atoms with Crippen LogP contribution in [0.3, 0.4) is 0 Å². The van der Waals surface area contributed by atoms with E-state index in [1.165, 1.54) is 19.2 Å². The summed E-state index contributed by atoms with van der Waals surface area (Å²) >= 11 is 0. The first-order valence-electron chi connectivity index (χ1n) is 4.58. The van der Waals surface area contributed by atoms with Crippen LogP contribution in [0.5, 0.6) is 5.75 Å². The second kappa shape index (κ2) is 5.14. The van der Waals surface area contributed by atoms with E-state index >= 15 is 0 Å². The molecule has 84 valence electrons. The first-order chi connectivity index (χ1) is 7.10. The van der Waals surface area contributed by atoms with Gasteiger partial charge in [-0.2, -0.15) is 0 Å². The minimum absolute atomic E-state index is 0.0319. The third-order valence-electron chi connectivity index (χ3n) is 1.99. The molecule has 1 aromatic rings. The van der Waals surface area contributed by atoms with Gasteiger partial charge in [0.15, 0.2) is 9.84 Å². The van der Waals surface area contributed by atoms with Crippen LogP contribution in [-0.2, 0) is 9.84 Å². The molecular formula is C10H14O4S. The normalized spacial score (nSPS) is 11.3. The molecule has 5 heteroatoms. The number of methoxy groups -OCH3 is 1. The van der Waals surface area contributed by atoms with Gasteiger partial charge in [-0.15, -0.1) is 0 Å². The van der Waals surface area contributed by atoms with Crippen molar-refractivity contribution in [2.45, 2.75) is 11.3 Å². The summed E-state index contributed by atoms with van der Waals surface area (Å²) < 4.78 is 28.2. The molecule has 0 aliphatic heterocycles. The fraction of sp³-hybridized carbons (Fsp3) is 0.400. The summed E-state index contributed by atoms with van der Waals surface area (Å²) in [5, 5.41) is 8.57. The van der Waals surface area contributed by atoms with E-state index in [9.17, 15) is 8.42 Å². The predicted octanol–water partition coefficient (Wildman–Crippen LogP) is 0.851. The second-order valence-corrected chi connectivity index (χ2v) is 5.18. The highest BCUT2D eigenvalue weighted by molar-refractivity contribution is 7.91. The van der Waals surface area contributed by atoms with Crippen molar-refractivity contribution >= 4 is 9.84 Å². The first-order valence-corrected chi connectivity index (χ1v) is 6.23. The van der Waals surface area contributed by atoms with Gasteiger partial charge in [-0.3, -0.25) is 0 Å². The number of benzene rings is 1. The van der Waals surface area contributed by atoms with Gasteiger partial charge >= 0.3 is 0 Å². The van der Waals surface area contributed by atoms with Crippen LogP contribution in [0.25, 0.3) is 0 Å². The monoisotopic (exact) mass is 230 g/mol. The van der Waals surface area contributed by atoms with Crippen molar-refractivity contribution in [1.29, 1.82) is 0 Å². The number of aliphatic hydroxyl groups is 1. The average Bonchev–Trinajstić information content (AvgIpc) is 2.26. The van der Waals surface area contributed by atoms with Crippen LogP contribution in [0.1, 0.15) is 6.42 Å². The van der Waals surface area contributed by atoms with Gasteiger partial charge in [0.05, 0.1) is 17.8 Å². The molecule has 0 unspecified atom stereocenters. The minimum Gasteiger partial charge on any atom is -0.497 e. The topological polar surface area (TPSA) is 63.6 Å². The Hall–Kier alpha value is -1.07. The van der Waals surface area contributed by atoms with Crippen molar-refractivity contribution in [3.05, 3.63) is 24.3 Å². The third-order valence-corrected chi connectivity index (χ3v) is 3.81. The van der Waals surface area contributed by atoms with Crippen molar-refractivity contribution in [1.82, 2.24) is 0 Å². The maximum Gasteiger partial charge on any atom is 0.178 e. The Morgan fingerprint density at radius 1 is 1.27 bits per heavy atom. The summed E-state index contributed by atoms with van der Waals surface area (Å²) in [4.78, 5) is 0.261. The predicted molar refractivity (Wildman–Crippen MR) is 56.7 cm³/mol. The van der Waals surface area contributed by atoms with Crippen molar-refractivity contribution in [3.8, 4) is 5.75 Å². The Bertz CT molecular complexity index is 394. The lowest BCUT2D eigenvalue weighted by molar-refractivity contribution is 0.295. The summed E-state index contributed by atoms with van der Waals surface area (Å²) in [7, 11) is -1.74. The van der Waals surface area contributed by atoms with Gasteiger partial charge in [0, 0.05) is 6.61 Å². The number of hydrogen-bond acceptors (Lipinski definition) is 4. The van der Waals surface area contributed by atoms with Crippen LogP contribution in [0, 0.1) is 0 Å². The summed E-state index contributed by atoms with van der Waals surface area (Å²) in [6.07, 6.45) is 0.258. The average molecular weight is 230 g/mol. The van der Waals surface area contributed by atoms with E-state index in [2.05, 4.69) is 0 Å². The van der Waals surface area contributed by atoms with Crippen LogP contribution in [0.2, 0.25) is 0 Å². The molecule has 0 amide bonds. The summed E-state index contributed by atoms with van der Waals surface area (Å²) in [6.45, 7) is -0.116. The fourth-order valence-electron chi connectivity index (χ4n) is 1.16. The lowest BCUT2D eigenvalue weighted by Crippen LogP contribution is -2.08. The molecule has 0 spiro atoms. The molecule has 0 aliphatic rings. The summed E-state index contributed by atoms with van der Waals surface area (Å²) in [6, 6.07) is 6.22. The number of ether oxygens (including phenoxy) is 1. The molecule has 0 atom stereocenters. The SMILES string of the molecule is COc1ccc(S(=O)(=O)CCCO)cc1. The van der Waals surface area contributed by atoms with Gasteiger partial charge in [0.2, 0.25) is 0 Å². The first kappa shape index (κ1) is 12.0. The molecule has 0 heterocycles. The van der Waals surface area contributed by atoms with E-state index in [0.717, 1.165) is 0 Å². The van der Waals surface area contributed by atoms with Crippen molar-refractivity contribution in [2.24, 2.45) is 0 Å². The largest absolute Gasteiger partial charge is 0.497 e. The molecule has 0 aromatic heterocycles. The Kier molecular flexibility index (Phi) is 4.11. The van der Waals surface area contributed by atoms with E-state index in [0.29, 0.717) is 5.75 Å². The quantitative estimate of drug-likeness (QED) is 0.814. The molecule has 4 nitrogen and oxygen atoms in total. The van der Waals surface area contributed by atoms with Crippen molar-refractivity contribution < 1.29 is 18.3 Å². The smallest absolute Gasteiger partial charge is 0.178 e. The van der Waals surface area contributed by atoms with Crippen LogP contribution in [0.15, 0.2) is 29.2 Å². The number of hydrogen-bond donors (Lipinski definition) is 1. The molecule has 0 saturated carbocycles. The van der Waals surface area contributed by atoms with E-state index in [4.69, 9.17) is 9.84 Å². The molecule has 0 fully saturated rings. The van der Waals surface area contributed by atoms with E-state index < -0.39 is 9.84 Å². The van der Waals surface area contributed by atoms with Crippen LogP contribution in [0.4, 0.5) is 0 Å². The zero-order valence-corrected chi connectivity index (χ0v) is 9.33. The Labute approximate surface area is 89.4 Å². The highest BCUT2D eigenvalue weighted by Gasteiger charge is 2.13. The summed E-state index contributed by atoms with van der Waals surface area (Å²) in [5.41, 5.74) is 0. The van der Waals surface area contributed by atoms with Gasteiger partial charge in [-0.1, -0.05) is 0 Å². The molecule has 0 bridgehead atoms. The van der Waals surface area contributed by atoms with Crippen molar-refractivity contribution in [2.75, 3.05) is 19.5 Å². The zero-order chi connectivity index (χ0) is 11.3. The number of aliphatic hydroxyl groups excluding tert-OH is 1. The molecule has 15 heavy (non-hydrogen) atoms. The van der Waals surface area contributed by atoms with Gasteiger partial charge < -0.3 is 9.84 Å². The molecular weight excluding hydrogens is 216 g/mol. The van der Waals surface area contributed by atoms with E-state index in [1.807, 2.05) is 0 Å². The zero-order valence-electron chi connectivity index (χ0n) is 8.51. The Morgan fingerprint density at radius 2 is 1.87 bits per heavy atom. The molecule has 1 N–H and O–H groups in total. The van der Waals surface area contributed by atoms with Gasteiger partial charge in [-0.25, -0.2) is 8.42 Å². The summed E-state index contributed by atoms with van der Waals surface area (Å²) in [5.74, 6) is 0.589. The Morgan fingerprint density at radius 3 is 2.33 bits per heavy atom. The van der Waals surface area contributed by atoms with Gasteiger partial charge in [0.25, 0.3) is 0 Å². The van der Waals surface area contributed by atoms with Gasteiger partial charge in [0.1, 0.15) is 5.75 Å². The van der Waals surface area contributed by atoms with Crippen LogP contribution in [-0.4, -0.2) is 33.0 Å². The fourth-order valence-corrected chi connectivity index (χ4v) is 2.45. The van der Waals surface area contributed by atoms with E-state index in [-0.39, 0.29) is 23.7 Å². The maximum atomic E-state index is 11.6. The van der Waals surface area contributed by atoms with Gasteiger partial charge in [-0.05, 0) is 30.7 Å². The van der Waals surface area contributed by atoms with Crippen LogP contribution < -0.4 is 4.74 Å². The standard InChI is InChI=1S/C10H14O4S/c1-14-9-3-5-10(6-4-9)15(12,13)8-2-7-11/h3-6,11H,2,7-8H2,1H3. The molecule has 0 saturated heterocycles. The van der Waals surface area contributed by atoms with Crippen molar-refractivity contribution in [3.63, 3.8) is 0 Å². The second-order valence-electron chi connectivity index (χ2n) is 3.07. The Balaban J connectivity index is 2.86. The molecule has 0 radical (unpaired) electrons. The highest BCUT2D eigenvalue weighted by Crippen LogP contribution is 2.16. The molecule has 0 aliphatic carbocycles. The lowest BCUT2D eigenvalue weighted by atomic mass is 10.3. The number of sulfone groups is 1. The maximum absolute atomic E-state index is 11.6. The molecule has 1 rings (SSSR count). The third kappa shape index (κ3) is 3.21. The van der Waals surface area contributed by atoms with Crippen LogP contribution >= 0.6 is 0 Å².